The molecule has 0 saturated carbocycles. The molecule has 0 spiro atoms. The van der Waals surface area contributed by atoms with Crippen molar-refractivity contribution in [3.05, 3.63) is 63.6 Å². The molecule has 1 atom stereocenters. The summed E-state index contributed by atoms with van der Waals surface area (Å²) in [6.45, 7) is 0. The van der Waals surface area contributed by atoms with E-state index >= 15 is 0 Å². The monoisotopic (exact) mass is 355 g/mol. The van der Waals surface area contributed by atoms with E-state index in [-0.39, 0.29) is 6.04 Å². The van der Waals surface area contributed by atoms with Crippen molar-refractivity contribution in [3.63, 3.8) is 0 Å². The molecule has 0 amide bonds. The second kappa shape index (κ2) is 5.37. The van der Waals surface area contributed by atoms with Gasteiger partial charge in [-0.25, -0.2) is 0 Å². The summed E-state index contributed by atoms with van der Waals surface area (Å²) < 4.78 is 38.7. The van der Waals surface area contributed by atoms with E-state index in [1.54, 1.807) is 0 Å². The number of halogens is 4. The van der Waals surface area contributed by atoms with Crippen LogP contribution >= 0.6 is 15.9 Å². The molecule has 1 N–H and O–H groups in total. The zero-order valence-electron chi connectivity index (χ0n) is 11.0. The summed E-state index contributed by atoms with van der Waals surface area (Å²) in [6.07, 6.45) is -2.36. The fourth-order valence-electron chi connectivity index (χ4n) is 2.69. The highest BCUT2D eigenvalue weighted by Crippen LogP contribution is 2.36. The number of nitrogens with one attached hydrogen (secondary N) is 1. The van der Waals surface area contributed by atoms with Gasteiger partial charge in [-0.3, -0.25) is 0 Å². The smallest absolute Gasteiger partial charge is 0.378 e. The molecule has 3 rings (SSSR count). The summed E-state index contributed by atoms with van der Waals surface area (Å²) in [5.41, 5.74) is 2.60. The van der Waals surface area contributed by atoms with Gasteiger partial charge in [0, 0.05) is 10.2 Å². The zero-order chi connectivity index (χ0) is 15.0. The third kappa shape index (κ3) is 3.07. The topological polar surface area (TPSA) is 12.0 Å². The molecular formula is C16H13BrF3N. The van der Waals surface area contributed by atoms with Crippen LogP contribution in [0.5, 0.6) is 0 Å². The Labute approximate surface area is 129 Å². The van der Waals surface area contributed by atoms with Crippen LogP contribution in [0.1, 0.15) is 29.2 Å². The van der Waals surface area contributed by atoms with Gasteiger partial charge >= 0.3 is 6.18 Å². The maximum Gasteiger partial charge on any atom is 0.416 e. The standard InChI is InChI=1S/C16H13BrF3N/c17-12-4-7-14-10(9-12)1-8-15(14)21-13-5-2-11(3-6-13)16(18,19)20/h2-7,9,15,21H,1,8H2. The normalized spacial score (nSPS) is 17.6. The molecular weight excluding hydrogens is 343 g/mol. The van der Waals surface area contributed by atoms with Gasteiger partial charge in [-0.05, 0) is 60.4 Å². The maximum absolute atomic E-state index is 12.5. The predicted octanol–water partition coefficient (Wildman–Crippen LogP) is 5.57. The van der Waals surface area contributed by atoms with Crippen LogP contribution in [0.15, 0.2) is 46.9 Å². The summed E-state index contributed by atoms with van der Waals surface area (Å²) in [5.74, 6) is 0. The molecule has 5 heteroatoms. The van der Waals surface area contributed by atoms with Gasteiger partial charge in [0.25, 0.3) is 0 Å². The van der Waals surface area contributed by atoms with Crippen LogP contribution in [-0.4, -0.2) is 0 Å². The Morgan fingerprint density at radius 1 is 1.05 bits per heavy atom. The van der Waals surface area contributed by atoms with E-state index in [0.29, 0.717) is 5.69 Å². The third-order valence-electron chi connectivity index (χ3n) is 3.74. The van der Waals surface area contributed by atoms with Crippen molar-refractivity contribution in [2.75, 3.05) is 5.32 Å². The van der Waals surface area contributed by atoms with Gasteiger partial charge in [0.15, 0.2) is 0 Å². The molecule has 0 radical (unpaired) electrons. The lowest BCUT2D eigenvalue weighted by atomic mass is 10.1. The van der Waals surface area contributed by atoms with Crippen LogP contribution in [0, 0.1) is 0 Å². The average molecular weight is 356 g/mol. The first-order valence-electron chi connectivity index (χ1n) is 6.65. The van der Waals surface area contributed by atoms with Crippen molar-refractivity contribution in [3.8, 4) is 0 Å². The van der Waals surface area contributed by atoms with Crippen molar-refractivity contribution in [1.82, 2.24) is 0 Å². The van der Waals surface area contributed by atoms with E-state index < -0.39 is 11.7 Å². The van der Waals surface area contributed by atoms with Gasteiger partial charge in [-0.15, -0.1) is 0 Å². The molecule has 0 fully saturated rings. The lowest BCUT2D eigenvalue weighted by molar-refractivity contribution is -0.137. The van der Waals surface area contributed by atoms with Gasteiger partial charge in [0.2, 0.25) is 0 Å². The first kappa shape index (κ1) is 14.4. The maximum atomic E-state index is 12.5. The fraction of sp³-hybridized carbons (Fsp3) is 0.250. The summed E-state index contributed by atoms with van der Waals surface area (Å²) in [6, 6.07) is 11.5. The number of alkyl halides is 3. The predicted molar refractivity (Wildman–Crippen MR) is 80.3 cm³/mol. The van der Waals surface area contributed by atoms with Crippen LogP contribution in [0.3, 0.4) is 0 Å². The summed E-state index contributed by atoms with van der Waals surface area (Å²) in [4.78, 5) is 0. The van der Waals surface area contributed by atoms with Gasteiger partial charge in [-0.2, -0.15) is 13.2 Å². The minimum atomic E-state index is -4.29. The quantitative estimate of drug-likeness (QED) is 0.742. The highest BCUT2D eigenvalue weighted by atomic mass is 79.9. The molecule has 0 heterocycles. The van der Waals surface area contributed by atoms with Gasteiger partial charge in [-0.1, -0.05) is 22.0 Å². The number of fused-ring (bicyclic) bond motifs is 1. The number of aryl methyl sites for hydroxylation is 1. The molecule has 0 aromatic heterocycles. The van der Waals surface area contributed by atoms with E-state index in [4.69, 9.17) is 0 Å². The lowest BCUT2D eigenvalue weighted by Gasteiger charge is -2.16. The molecule has 1 aliphatic carbocycles. The molecule has 110 valence electrons. The number of benzene rings is 2. The SMILES string of the molecule is FC(F)(F)c1ccc(NC2CCc3cc(Br)ccc32)cc1. The van der Waals surface area contributed by atoms with Gasteiger partial charge < -0.3 is 5.32 Å². The first-order valence-corrected chi connectivity index (χ1v) is 7.45. The lowest BCUT2D eigenvalue weighted by Crippen LogP contribution is -2.08. The fourth-order valence-corrected chi connectivity index (χ4v) is 3.10. The van der Waals surface area contributed by atoms with E-state index in [2.05, 4.69) is 33.4 Å². The Kier molecular flexibility index (Phi) is 3.69. The molecule has 2 aromatic rings. The molecule has 2 aromatic carbocycles. The number of rotatable bonds is 2. The Morgan fingerprint density at radius 3 is 2.43 bits per heavy atom. The summed E-state index contributed by atoms with van der Waals surface area (Å²) in [7, 11) is 0. The minimum absolute atomic E-state index is 0.157. The number of anilines is 1. The van der Waals surface area contributed by atoms with Crippen LogP contribution < -0.4 is 5.32 Å². The van der Waals surface area contributed by atoms with E-state index in [1.807, 2.05) is 6.07 Å². The molecule has 0 aliphatic heterocycles. The Balaban J connectivity index is 1.77. The highest BCUT2D eigenvalue weighted by molar-refractivity contribution is 9.10. The van der Waals surface area contributed by atoms with E-state index in [9.17, 15) is 13.2 Å². The third-order valence-corrected chi connectivity index (χ3v) is 4.23. The second-order valence-electron chi connectivity index (χ2n) is 5.15. The number of hydrogen-bond donors (Lipinski definition) is 1. The first-order chi connectivity index (χ1) is 9.93. The van der Waals surface area contributed by atoms with Crippen molar-refractivity contribution in [2.45, 2.75) is 25.1 Å². The average Bonchev–Trinajstić information content (AvgIpc) is 2.80. The Hall–Kier alpha value is -1.49. The zero-order valence-corrected chi connectivity index (χ0v) is 12.6. The van der Waals surface area contributed by atoms with Crippen LogP contribution in [0.2, 0.25) is 0 Å². The molecule has 0 bridgehead atoms. The molecule has 0 saturated heterocycles. The van der Waals surface area contributed by atoms with Crippen LogP contribution in [0.4, 0.5) is 18.9 Å². The van der Waals surface area contributed by atoms with E-state index in [1.165, 1.54) is 23.3 Å². The molecule has 1 nitrogen and oxygen atoms in total. The summed E-state index contributed by atoms with van der Waals surface area (Å²) >= 11 is 3.45. The van der Waals surface area contributed by atoms with Crippen molar-refractivity contribution >= 4 is 21.6 Å². The minimum Gasteiger partial charge on any atom is -0.378 e. The molecule has 21 heavy (non-hydrogen) atoms. The van der Waals surface area contributed by atoms with Gasteiger partial charge in [0.1, 0.15) is 0 Å². The van der Waals surface area contributed by atoms with Crippen molar-refractivity contribution in [1.29, 1.82) is 0 Å². The van der Waals surface area contributed by atoms with Crippen LogP contribution in [0.25, 0.3) is 0 Å². The Morgan fingerprint density at radius 2 is 1.76 bits per heavy atom. The van der Waals surface area contributed by atoms with Gasteiger partial charge in [0.05, 0.1) is 11.6 Å². The van der Waals surface area contributed by atoms with Crippen molar-refractivity contribution < 1.29 is 13.2 Å². The number of hydrogen-bond acceptors (Lipinski definition) is 1. The summed E-state index contributed by atoms with van der Waals surface area (Å²) in [5, 5.41) is 3.31. The van der Waals surface area contributed by atoms with E-state index in [0.717, 1.165) is 29.4 Å². The highest BCUT2D eigenvalue weighted by Gasteiger charge is 2.30. The van der Waals surface area contributed by atoms with Crippen LogP contribution in [-0.2, 0) is 12.6 Å². The van der Waals surface area contributed by atoms with Crippen molar-refractivity contribution in [2.24, 2.45) is 0 Å². The molecule has 1 aliphatic rings. The second-order valence-corrected chi connectivity index (χ2v) is 6.07. The Bertz CT molecular complexity index is 650. The molecule has 1 unspecified atom stereocenters. The largest absolute Gasteiger partial charge is 0.416 e.